The average molecular weight is 639 g/mol. The lowest BCUT2D eigenvalue weighted by Crippen LogP contribution is -2.51. The van der Waals surface area contributed by atoms with Gasteiger partial charge in [-0.05, 0) is 69.0 Å². The Morgan fingerprint density at radius 2 is 1.60 bits per heavy atom. The monoisotopic (exact) mass is 638 g/mol. The summed E-state index contributed by atoms with van der Waals surface area (Å²) in [6.07, 6.45) is 0.159. The van der Waals surface area contributed by atoms with Crippen LogP contribution in [0.1, 0.15) is 45.7 Å². The van der Waals surface area contributed by atoms with Gasteiger partial charge in [-0.3, -0.25) is 14.4 Å². The van der Waals surface area contributed by atoms with E-state index in [1.807, 2.05) is 60.0 Å². The van der Waals surface area contributed by atoms with Crippen molar-refractivity contribution in [3.63, 3.8) is 0 Å². The first-order valence-corrected chi connectivity index (χ1v) is 15.9. The molecule has 0 bridgehead atoms. The van der Waals surface area contributed by atoms with E-state index in [0.29, 0.717) is 12.8 Å². The molecular formula is C34H46N4O6S. The number of likely N-dealkylation sites (N-methyl/N-ethyl adjacent to an activating group) is 2. The normalized spacial score (nSPS) is 13.0. The highest BCUT2D eigenvalue weighted by Crippen LogP contribution is 2.28. The number of hydrogen-bond acceptors (Lipinski definition) is 7. The minimum Gasteiger partial charge on any atom is -0.444 e. The molecule has 2 aromatic carbocycles. The highest BCUT2D eigenvalue weighted by molar-refractivity contribution is 7.17. The highest BCUT2D eigenvalue weighted by atomic mass is 32.1. The molecule has 0 aliphatic rings. The summed E-state index contributed by atoms with van der Waals surface area (Å²) < 4.78 is 12.0. The van der Waals surface area contributed by atoms with Crippen molar-refractivity contribution in [2.24, 2.45) is 5.92 Å². The molecule has 0 saturated heterocycles. The number of nitrogens with one attached hydrogen (secondary N) is 3. The number of thiophene rings is 1. The smallest absolute Gasteiger partial charge is 0.408 e. The van der Waals surface area contributed by atoms with Crippen molar-refractivity contribution >= 4 is 45.2 Å². The lowest BCUT2D eigenvalue weighted by atomic mass is 9.95. The maximum Gasteiger partial charge on any atom is 0.408 e. The molecule has 0 saturated carbocycles. The summed E-state index contributed by atoms with van der Waals surface area (Å²) in [5.41, 5.74) is 0.514. The van der Waals surface area contributed by atoms with E-state index in [0.717, 1.165) is 21.2 Å². The molecule has 3 aromatic rings. The van der Waals surface area contributed by atoms with E-state index in [9.17, 15) is 19.2 Å². The number of amides is 4. The fourth-order valence-electron chi connectivity index (χ4n) is 4.86. The number of ether oxygens (including phenoxy) is 2. The van der Waals surface area contributed by atoms with Crippen molar-refractivity contribution < 1.29 is 28.7 Å². The topological polar surface area (TPSA) is 126 Å². The molecule has 0 unspecified atom stereocenters. The van der Waals surface area contributed by atoms with E-state index in [2.05, 4.69) is 16.0 Å². The minimum atomic E-state index is -0.780. The zero-order chi connectivity index (χ0) is 33.2. The molecule has 0 radical (unpaired) electrons. The second-order valence-corrected chi connectivity index (χ2v) is 13.6. The maximum atomic E-state index is 14.0. The van der Waals surface area contributed by atoms with Crippen LogP contribution in [-0.4, -0.2) is 79.8 Å². The molecule has 3 N–H and O–H groups in total. The summed E-state index contributed by atoms with van der Waals surface area (Å²) in [4.78, 5) is 53.5. The number of carbonyl (C=O) groups is 4. The van der Waals surface area contributed by atoms with Crippen LogP contribution < -0.4 is 16.0 Å². The zero-order valence-corrected chi connectivity index (χ0v) is 28.1. The third-order valence-corrected chi connectivity index (χ3v) is 8.11. The van der Waals surface area contributed by atoms with Gasteiger partial charge in [0.2, 0.25) is 17.7 Å². The number of rotatable bonds is 14. The van der Waals surface area contributed by atoms with Crippen LogP contribution in [0, 0.1) is 5.92 Å². The minimum absolute atomic E-state index is 0.0564. The molecule has 2 atom stereocenters. The molecule has 4 amide bonds. The number of hydrogen-bond donors (Lipinski definition) is 3. The van der Waals surface area contributed by atoms with E-state index >= 15 is 0 Å². The van der Waals surface area contributed by atoms with Crippen LogP contribution in [0.25, 0.3) is 10.1 Å². The van der Waals surface area contributed by atoms with Crippen LogP contribution in [0.2, 0.25) is 0 Å². The van der Waals surface area contributed by atoms with Gasteiger partial charge < -0.3 is 30.3 Å². The molecule has 45 heavy (non-hydrogen) atoms. The Morgan fingerprint density at radius 1 is 0.933 bits per heavy atom. The molecule has 0 aliphatic heterocycles. The van der Waals surface area contributed by atoms with Crippen molar-refractivity contribution in [2.45, 2.75) is 64.6 Å². The summed E-state index contributed by atoms with van der Waals surface area (Å²) in [7, 11) is 3.19. The van der Waals surface area contributed by atoms with E-state index in [4.69, 9.17) is 9.47 Å². The van der Waals surface area contributed by atoms with Gasteiger partial charge in [0, 0.05) is 31.8 Å². The van der Waals surface area contributed by atoms with Gasteiger partial charge >= 0.3 is 6.09 Å². The van der Waals surface area contributed by atoms with Gasteiger partial charge in [0.05, 0.1) is 18.1 Å². The molecule has 0 fully saturated rings. The van der Waals surface area contributed by atoms with Crippen molar-refractivity contribution in [2.75, 3.05) is 33.9 Å². The van der Waals surface area contributed by atoms with Crippen LogP contribution in [0.5, 0.6) is 0 Å². The second-order valence-electron chi connectivity index (χ2n) is 12.7. The molecular weight excluding hydrogens is 592 g/mol. The van der Waals surface area contributed by atoms with Gasteiger partial charge in [-0.1, -0.05) is 48.5 Å². The van der Waals surface area contributed by atoms with Crippen LogP contribution in [0.3, 0.4) is 0 Å². The number of benzene rings is 2. The summed E-state index contributed by atoms with van der Waals surface area (Å²) in [5, 5.41) is 11.4. The maximum absolute atomic E-state index is 14.0. The molecule has 11 heteroatoms. The summed E-state index contributed by atoms with van der Waals surface area (Å²) in [5.74, 6) is -1.55. The molecule has 10 nitrogen and oxygen atoms in total. The lowest BCUT2D eigenvalue weighted by molar-refractivity contribution is -0.142. The molecule has 244 valence electrons. The summed E-state index contributed by atoms with van der Waals surface area (Å²) in [6.45, 7) is 8.73. The van der Waals surface area contributed by atoms with Crippen molar-refractivity contribution in [1.82, 2.24) is 20.9 Å². The van der Waals surface area contributed by atoms with Gasteiger partial charge in [-0.25, -0.2) is 4.79 Å². The first-order chi connectivity index (χ1) is 21.2. The largest absolute Gasteiger partial charge is 0.444 e. The Morgan fingerprint density at radius 3 is 2.27 bits per heavy atom. The molecule has 1 aromatic heterocycles. The van der Waals surface area contributed by atoms with Crippen LogP contribution in [-0.2, 0) is 36.7 Å². The van der Waals surface area contributed by atoms with Crippen molar-refractivity contribution in [1.29, 1.82) is 0 Å². The third-order valence-electron chi connectivity index (χ3n) is 7.09. The van der Waals surface area contributed by atoms with Crippen molar-refractivity contribution in [3.8, 4) is 0 Å². The standard InChI is InChI=1S/C34H46N4O6S/c1-33(2,3)44-32(42)37-34(4,5)22-43-20-29(39)36-19-24(18-25-21-45-28-16-12-11-15-26(25)28)31(41)38(7)27(30(40)35-6)17-23-13-9-8-10-14-23/h8-16,21,24,27H,17-20,22H2,1-7H3,(H,35,40)(H,36,39)(H,37,42)/t24-,27-/m1/s1. The molecule has 0 spiro atoms. The zero-order valence-electron chi connectivity index (χ0n) is 27.3. The van der Waals surface area contributed by atoms with Gasteiger partial charge in [-0.15, -0.1) is 11.3 Å². The second kappa shape index (κ2) is 15.9. The van der Waals surface area contributed by atoms with Crippen molar-refractivity contribution in [3.05, 3.63) is 71.1 Å². The fourth-order valence-corrected chi connectivity index (χ4v) is 5.83. The average Bonchev–Trinajstić information content (AvgIpc) is 3.38. The molecule has 0 aliphatic carbocycles. The SMILES string of the molecule is CNC(=O)[C@@H](Cc1ccccc1)N(C)C(=O)[C@@H](CNC(=O)COCC(C)(C)NC(=O)OC(C)(C)C)Cc1csc2ccccc12. The quantitative estimate of drug-likeness (QED) is 0.242. The first kappa shape index (κ1) is 35.5. The Kier molecular flexibility index (Phi) is 12.5. The third kappa shape index (κ3) is 11.2. The highest BCUT2D eigenvalue weighted by Gasteiger charge is 2.32. The number of fused-ring (bicyclic) bond motifs is 1. The van der Waals surface area contributed by atoms with E-state index in [1.54, 1.807) is 60.1 Å². The summed E-state index contributed by atoms with van der Waals surface area (Å²) >= 11 is 1.60. The number of nitrogens with zero attached hydrogens (tertiary/aromatic N) is 1. The van der Waals surface area contributed by atoms with Gasteiger partial charge in [-0.2, -0.15) is 0 Å². The Bertz CT molecular complexity index is 1450. The van der Waals surface area contributed by atoms with E-state index in [1.165, 1.54) is 4.90 Å². The van der Waals surface area contributed by atoms with Gasteiger partial charge in [0.15, 0.2) is 0 Å². The first-order valence-electron chi connectivity index (χ1n) is 15.0. The lowest BCUT2D eigenvalue weighted by Gasteiger charge is -2.31. The molecule has 1 heterocycles. The number of alkyl carbamates (subject to hydrolysis) is 1. The van der Waals surface area contributed by atoms with Crippen LogP contribution in [0.15, 0.2) is 60.0 Å². The van der Waals surface area contributed by atoms with Crippen LogP contribution in [0.4, 0.5) is 4.79 Å². The van der Waals surface area contributed by atoms with Crippen LogP contribution >= 0.6 is 11.3 Å². The Labute approximate surface area is 269 Å². The molecule has 3 rings (SSSR count). The Hall–Kier alpha value is -3.96. The predicted octanol–water partition coefficient (Wildman–Crippen LogP) is 4.31. The Balaban J connectivity index is 1.70. The van der Waals surface area contributed by atoms with Gasteiger partial charge in [0.1, 0.15) is 18.2 Å². The number of carbonyl (C=O) groups excluding carboxylic acids is 4. The predicted molar refractivity (Wildman–Crippen MR) is 177 cm³/mol. The van der Waals surface area contributed by atoms with E-state index < -0.39 is 35.1 Å². The summed E-state index contributed by atoms with van der Waals surface area (Å²) in [6, 6.07) is 16.8. The van der Waals surface area contributed by atoms with E-state index in [-0.39, 0.29) is 31.6 Å². The van der Waals surface area contributed by atoms with Gasteiger partial charge in [0.25, 0.3) is 0 Å². The fraction of sp³-hybridized carbons (Fsp3) is 0.471.